The van der Waals surface area contributed by atoms with Crippen LogP contribution in [0.25, 0.3) is 0 Å². The molecule has 0 saturated carbocycles. The summed E-state index contributed by atoms with van der Waals surface area (Å²) in [7, 11) is 0. The summed E-state index contributed by atoms with van der Waals surface area (Å²) >= 11 is 0. The van der Waals surface area contributed by atoms with Crippen molar-refractivity contribution in [2.75, 3.05) is 6.61 Å². The van der Waals surface area contributed by atoms with Crippen LogP contribution in [0.1, 0.15) is 65.2 Å². The smallest absolute Gasteiger partial charge is 0.306 e. The van der Waals surface area contributed by atoms with Crippen molar-refractivity contribution >= 4 is 5.97 Å². The number of carbonyl (C=O) groups is 1. The van der Waals surface area contributed by atoms with E-state index in [-0.39, 0.29) is 5.97 Å². The van der Waals surface area contributed by atoms with Gasteiger partial charge in [-0.05, 0) is 51.9 Å². The van der Waals surface area contributed by atoms with Gasteiger partial charge in [0.25, 0.3) is 0 Å². The van der Waals surface area contributed by atoms with Gasteiger partial charge in [0.2, 0.25) is 0 Å². The third kappa shape index (κ3) is 20.0. The molecule has 0 fully saturated rings. The van der Waals surface area contributed by atoms with Crippen LogP contribution in [0, 0.1) is 0 Å². The lowest BCUT2D eigenvalue weighted by Gasteiger charge is -1.97. The van der Waals surface area contributed by atoms with Crippen LogP contribution < -0.4 is 0 Å². The summed E-state index contributed by atoms with van der Waals surface area (Å²) < 4.78 is 4.87. The topological polar surface area (TPSA) is 26.3 Å². The molecule has 2 nitrogen and oxygen atoms in total. The van der Waals surface area contributed by atoms with Crippen molar-refractivity contribution in [1.82, 2.24) is 0 Å². The van der Waals surface area contributed by atoms with Crippen LogP contribution in [-0.4, -0.2) is 12.6 Å². The number of hydrogen-bond donors (Lipinski definition) is 0. The molecule has 0 unspecified atom stereocenters. The molecule has 0 aliphatic heterocycles. The molecule has 0 aromatic rings. The van der Waals surface area contributed by atoms with Gasteiger partial charge in [-0.2, -0.15) is 0 Å². The Hall–Kier alpha value is -2.09. The van der Waals surface area contributed by atoms with Gasteiger partial charge >= 0.3 is 5.97 Å². The molecule has 0 aliphatic carbocycles. The molecule has 0 atom stereocenters. The van der Waals surface area contributed by atoms with E-state index in [1.807, 2.05) is 13.0 Å². The first kappa shape index (κ1) is 23.9. The number of carbonyl (C=O) groups excluding carboxylic acids is 1. The molecular weight excluding hydrogens is 320 g/mol. The van der Waals surface area contributed by atoms with Crippen LogP contribution in [0.2, 0.25) is 0 Å². The van der Waals surface area contributed by atoms with Gasteiger partial charge in [0.15, 0.2) is 0 Å². The van der Waals surface area contributed by atoms with Crippen LogP contribution in [0.3, 0.4) is 0 Å². The molecular formula is C24H36O2. The summed E-state index contributed by atoms with van der Waals surface area (Å²) in [6.07, 6.45) is 33.3. The Balaban J connectivity index is 3.54. The minimum atomic E-state index is -0.118. The first-order chi connectivity index (χ1) is 12.8. The molecule has 0 aromatic heterocycles. The van der Waals surface area contributed by atoms with Crippen LogP contribution >= 0.6 is 0 Å². The number of ether oxygens (including phenoxy) is 1. The maximum Gasteiger partial charge on any atom is 0.306 e. The number of allylic oxidation sites excluding steroid dienone is 12. The fourth-order valence-corrected chi connectivity index (χ4v) is 2.07. The molecule has 0 heterocycles. The van der Waals surface area contributed by atoms with Gasteiger partial charge in [-0.15, -0.1) is 0 Å². The quantitative estimate of drug-likeness (QED) is 0.232. The van der Waals surface area contributed by atoms with E-state index in [4.69, 9.17) is 4.74 Å². The van der Waals surface area contributed by atoms with E-state index in [1.165, 1.54) is 0 Å². The highest BCUT2D eigenvalue weighted by Crippen LogP contribution is 1.98. The molecule has 0 aromatic carbocycles. The van der Waals surface area contributed by atoms with Crippen molar-refractivity contribution in [3.8, 4) is 0 Å². The fourth-order valence-electron chi connectivity index (χ4n) is 2.07. The van der Waals surface area contributed by atoms with Crippen molar-refractivity contribution in [2.24, 2.45) is 0 Å². The Kier molecular flexibility index (Phi) is 19.3. The van der Waals surface area contributed by atoms with E-state index in [9.17, 15) is 4.79 Å². The zero-order valence-corrected chi connectivity index (χ0v) is 16.6. The second kappa shape index (κ2) is 21.0. The van der Waals surface area contributed by atoms with Gasteiger partial charge in [0, 0.05) is 6.42 Å². The highest BCUT2D eigenvalue weighted by molar-refractivity contribution is 5.69. The SMILES string of the molecule is CCC=CCC=CCC=CCC=CCC=CCC=CCCC(=O)OCC. The predicted molar refractivity (Wildman–Crippen MR) is 114 cm³/mol. The van der Waals surface area contributed by atoms with Crippen LogP contribution in [0.5, 0.6) is 0 Å². The largest absolute Gasteiger partial charge is 0.466 e. The standard InChI is InChI=1S/C24H36O2/c1-3-5-6-7-8-9-10-11-12-13-14-15-16-17-18-19-20-21-22-23-24(25)26-4-2/h5-6,8-9,11-12,14-15,17-18,20-21H,3-4,7,10,13,16,19,22-23H2,1-2H3. The maximum absolute atomic E-state index is 11.1. The van der Waals surface area contributed by atoms with Crippen molar-refractivity contribution in [1.29, 1.82) is 0 Å². The third-order valence-corrected chi connectivity index (χ3v) is 3.42. The van der Waals surface area contributed by atoms with E-state index in [0.29, 0.717) is 13.0 Å². The molecule has 0 rings (SSSR count). The normalized spacial score (nSPS) is 12.8. The van der Waals surface area contributed by atoms with Crippen LogP contribution in [0.4, 0.5) is 0 Å². The molecule has 0 saturated heterocycles. The van der Waals surface area contributed by atoms with Crippen LogP contribution in [0.15, 0.2) is 72.9 Å². The van der Waals surface area contributed by atoms with Crippen LogP contribution in [-0.2, 0) is 9.53 Å². The Bertz CT molecular complexity index is 490. The summed E-state index contributed by atoms with van der Waals surface area (Å²) in [5.41, 5.74) is 0. The molecule has 0 spiro atoms. The van der Waals surface area contributed by atoms with Gasteiger partial charge in [0.1, 0.15) is 0 Å². The second-order valence-electron chi connectivity index (χ2n) is 5.76. The lowest BCUT2D eigenvalue weighted by molar-refractivity contribution is -0.142. The van der Waals surface area contributed by atoms with E-state index >= 15 is 0 Å². The van der Waals surface area contributed by atoms with Crippen molar-refractivity contribution in [2.45, 2.75) is 65.2 Å². The summed E-state index contributed by atoms with van der Waals surface area (Å²) in [4.78, 5) is 11.1. The van der Waals surface area contributed by atoms with Gasteiger partial charge in [-0.3, -0.25) is 4.79 Å². The average Bonchev–Trinajstić information content (AvgIpc) is 2.64. The number of esters is 1. The molecule has 0 bridgehead atoms. The Morgan fingerprint density at radius 2 is 1.00 bits per heavy atom. The zero-order valence-electron chi connectivity index (χ0n) is 16.6. The van der Waals surface area contributed by atoms with E-state index in [2.05, 4.69) is 73.8 Å². The molecule has 0 radical (unpaired) electrons. The summed E-state index contributed by atoms with van der Waals surface area (Å²) in [5, 5.41) is 0. The zero-order chi connectivity index (χ0) is 19.1. The van der Waals surface area contributed by atoms with E-state index in [1.54, 1.807) is 0 Å². The second-order valence-corrected chi connectivity index (χ2v) is 5.76. The first-order valence-corrected chi connectivity index (χ1v) is 9.86. The molecule has 144 valence electrons. The highest BCUT2D eigenvalue weighted by atomic mass is 16.5. The summed E-state index contributed by atoms with van der Waals surface area (Å²) in [6, 6.07) is 0. The Morgan fingerprint density at radius 3 is 1.38 bits per heavy atom. The van der Waals surface area contributed by atoms with Gasteiger partial charge < -0.3 is 4.74 Å². The van der Waals surface area contributed by atoms with Crippen molar-refractivity contribution < 1.29 is 9.53 Å². The average molecular weight is 357 g/mol. The fraction of sp³-hybridized carbons (Fsp3) is 0.458. The monoisotopic (exact) mass is 356 g/mol. The summed E-state index contributed by atoms with van der Waals surface area (Å²) in [6.45, 7) is 4.44. The van der Waals surface area contributed by atoms with Crippen molar-refractivity contribution in [3.05, 3.63) is 72.9 Å². The molecule has 0 N–H and O–H groups in total. The first-order valence-electron chi connectivity index (χ1n) is 9.86. The summed E-state index contributed by atoms with van der Waals surface area (Å²) in [5.74, 6) is -0.118. The third-order valence-electron chi connectivity index (χ3n) is 3.42. The molecule has 2 heteroatoms. The van der Waals surface area contributed by atoms with E-state index < -0.39 is 0 Å². The van der Waals surface area contributed by atoms with Crippen molar-refractivity contribution in [3.63, 3.8) is 0 Å². The van der Waals surface area contributed by atoms with Gasteiger partial charge in [0.05, 0.1) is 6.61 Å². The predicted octanol–water partition coefficient (Wildman–Crippen LogP) is 7.03. The van der Waals surface area contributed by atoms with Gasteiger partial charge in [-0.1, -0.05) is 79.8 Å². The lowest BCUT2D eigenvalue weighted by atomic mass is 10.2. The van der Waals surface area contributed by atoms with E-state index in [0.717, 1.165) is 44.9 Å². The number of rotatable bonds is 15. The minimum absolute atomic E-state index is 0.118. The van der Waals surface area contributed by atoms with Gasteiger partial charge in [-0.25, -0.2) is 0 Å². The maximum atomic E-state index is 11.1. The Morgan fingerprint density at radius 1 is 0.615 bits per heavy atom. The Labute approximate surface area is 160 Å². The molecule has 0 amide bonds. The number of hydrogen-bond acceptors (Lipinski definition) is 2. The lowest BCUT2D eigenvalue weighted by Crippen LogP contribution is -2.02. The highest BCUT2D eigenvalue weighted by Gasteiger charge is 1.97. The molecule has 26 heavy (non-hydrogen) atoms. The molecule has 0 aliphatic rings. The minimum Gasteiger partial charge on any atom is -0.466 e.